The summed E-state index contributed by atoms with van der Waals surface area (Å²) in [5.74, 6) is 0.484. The van der Waals surface area contributed by atoms with Gasteiger partial charge in [-0.2, -0.15) is 11.8 Å². The minimum absolute atomic E-state index is 0.0216. The fraction of sp³-hybridized carbons (Fsp3) is 0.786. The highest BCUT2D eigenvalue weighted by Crippen LogP contribution is 2.07. The van der Waals surface area contributed by atoms with Crippen LogP contribution < -0.4 is 10.6 Å². The van der Waals surface area contributed by atoms with E-state index in [9.17, 15) is 14.4 Å². The Morgan fingerprint density at radius 2 is 1.77 bits per heavy atom. The third-order valence-corrected chi connectivity index (χ3v) is 3.68. The van der Waals surface area contributed by atoms with Crippen LogP contribution in [0.4, 0.5) is 4.79 Å². The number of amides is 2. The van der Waals surface area contributed by atoms with E-state index in [0.717, 1.165) is 18.6 Å². The number of nitrogens with one attached hydrogen (secondary N) is 2. The summed E-state index contributed by atoms with van der Waals surface area (Å²) in [5, 5.41) is 13.8. The van der Waals surface area contributed by atoms with Crippen LogP contribution in [-0.4, -0.2) is 54.3 Å². The molecule has 0 spiro atoms. The number of carbonyl (C=O) groups excluding carboxylic acids is 2. The van der Waals surface area contributed by atoms with E-state index in [1.807, 2.05) is 0 Å². The first-order valence-corrected chi connectivity index (χ1v) is 8.68. The number of carboxylic acid groups (broad SMARTS) is 1. The lowest BCUT2D eigenvalue weighted by Crippen LogP contribution is -2.31. The van der Waals surface area contributed by atoms with Crippen LogP contribution in [0.25, 0.3) is 0 Å². The molecule has 0 saturated carbocycles. The highest BCUT2D eigenvalue weighted by Gasteiger charge is 2.02. The summed E-state index contributed by atoms with van der Waals surface area (Å²) >= 11 is 1.55. The molecule has 2 amide bonds. The van der Waals surface area contributed by atoms with E-state index >= 15 is 0 Å². The number of ether oxygens (including phenoxy) is 1. The van der Waals surface area contributed by atoms with E-state index in [1.165, 1.54) is 0 Å². The van der Waals surface area contributed by atoms with Gasteiger partial charge in [0, 0.05) is 19.5 Å². The van der Waals surface area contributed by atoms with Gasteiger partial charge in [0.2, 0.25) is 5.91 Å². The summed E-state index contributed by atoms with van der Waals surface area (Å²) < 4.78 is 4.70. The molecule has 0 bridgehead atoms. The lowest BCUT2D eigenvalue weighted by atomic mass is 10.2. The molecule has 0 aliphatic rings. The molecule has 0 aromatic carbocycles. The third kappa shape index (κ3) is 15.0. The molecule has 0 aromatic heterocycles. The Morgan fingerprint density at radius 3 is 2.45 bits per heavy atom. The highest BCUT2D eigenvalue weighted by molar-refractivity contribution is 7.99. The summed E-state index contributed by atoms with van der Waals surface area (Å²) in [6.07, 6.45) is 2.92. The van der Waals surface area contributed by atoms with Crippen LogP contribution in [0.5, 0.6) is 0 Å². The Hall–Kier alpha value is -1.44. The number of carboxylic acids is 1. The minimum atomic E-state index is -0.760. The van der Waals surface area contributed by atoms with Crippen molar-refractivity contribution in [3.63, 3.8) is 0 Å². The molecule has 0 radical (unpaired) electrons. The van der Waals surface area contributed by atoms with Gasteiger partial charge in [-0.1, -0.05) is 6.42 Å². The first-order valence-electron chi connectivity index (χ1n) is 7.53. The molecule has 8 heteroatoms. The number of thioether (sulfide) groups is 1. The second-order valence-corrected chi connectivity index (χ2v) is 5.71. The van der Waals surface area contributed by atoms with Crippen LogP contribution in [0.3, 0.4) is 0 Å². The molecule has 0 fully saturated rings. The van der Waals surface area contributed by atoms with Gasteiger partial charge in [0.1, 0.15) is 0 Å². The van der Waals surface area contributed by atoms with Crippen molar-refractivity contribution >= 4 is 29.7 Å². The van der Waals surface area contributed by atoms with Gasteiger partial charge in [-0.3, -0.25) is 9.59 Å². The zero-order valence-electron chi connectivity index (χ0n) is 13.1. The number of alkyl carbamates (subject to hydrolysis) is 1. The van der Waals surface area contributed by atoms with Crippen LogP contribution in [0.15, 0.2) is 0 Å². The Balaban J connectivity index is 3.29. The molecule has 0 aliphatic carbocycles. The molecule has 0 rings (SSSR count). The highest BCUT2D eigenvalue weighted by atomic mass is 32.2. The predicted octanol–water partition coefficient (Wildman–Crippen LogP) is 1.62. The van der Waals surface area contributed by atoms with E-state index in [2.05, 4.69) is 10.6 Å². The van der Waals surface area contributed by atoms with Crippen molar-refractivity contribution < 1.29 is 24.2 Å². The van der Waals surface area contributed by atoms with Crippen molar-refractivity contribution in [2.24, 2.45) is 0 Å². The van der Waals surface area contributed by atoms with E-state index in [1.54, 1.807) is 18.7 Å². The first kappa shape index (κ1) is 20.6. The first-order chi connectivity index (χ1) is 10.6. The summed E-state index contributed by atoms with van der Waals surface area (Å²) in [4.78, 5) is 32.8. The van der Waals surface area contributed by atoms with Gasteiger partial charge in [-0.25, -0.2) is 4.79 Å². The summed E-state index contributed by atoms with van der Waals surface area (Å²) in [5.41, 5.74) is 0. The van der Waals surface area contributed by atoms with E-state index in [4.69, 9.17) is 9.84 Å². The van der Waals surface area contributed by atoms with Crippen molar-refractivity contribution in [2.45, 2.75) is 39.0 Å². The second kappa shape index (κ2) is 14.5. The SMILES string of the molecule is CCOC(=O)NCCCNC(=O)CSCCCCCC(=O)O. The second-order valence-electron chi connectivity index (χ2n) is 4.61. The Bertz CT molecular complexity index is 339. The molecule has 0 aliphatic heterocycles. The molecule has 22 heavy (non-hydrogen) atoms. The molecular weight excluding hydrogens is 308 g/mol. The average molecular weight is 334 g/mol. The van der Waals surface area contributed by atoms with Crippen LogP contribution in [-0.2, 0) is 14.3 Å². The standard InChI is InChI=1S/C14H26N2O5S/c1-2-21-14(20)16-9-6-8-15-12(17)11-22-10-5-3-4-7-13(18)19/h2-11H2,1H3,(H,15,17)(H,16,20)(H,18,19). The molecule has 3 N–H and O–H groups in total. The van der Waals surface area contributed by atoms with Crippen molar-refractivity contribution in [2.75, 3.05) is 31.2 Å². The normalized spacial score (nSPS) is 10.0. The van der Waals surface area contributed by atoms with Crippen molar-refractivity contribution in [1.82, 2.24) is 10.6 Å². The van der Waals surface area contributed by atoms with E-state index < -0.39 is 12.1 Å². The molecular formula is C14H26N2O5S. The topological polar surface area (TPSA) is 105 Å². The number of rotatable bonds is 13. The maximum atomic E-state index is 11.5. The molecule has 7 nitrogen and oxygen atoms in total. The number of unbranched alkanes of at least 4 members (excludes halogenated alkanes) is 2. The molecule has 0 saturated heterocycles. The van der Waals surface area contributed by atoms with Crippen molar-refractivity contribution in [3.05, 3.63) is 0 Å². The van der Waals surface area contributed by atoms with E-state index in [0.29, 0.717) is 38.3 Å². The molecule has 0 aromatic rings. The summed E-state index contributed by atoms with van der Waals surface area (Å²) in [6.45, 7) is 3.07. The predicted molar refractivity (Wildman–Crippen MR) is 86.1 cm³/mol. The lowest BCUT2D eigenvalue weighted by Gasteiger charge is -2.06. The van der Waals surface area contributed by atoms with Gasteiger partial charge in [0.15, 0.2) is 0 Å². The minimum Gasteiger partial charge on any atom is -0.481 e. The summed E-state index contributed by atoms with van der Waals surface area (Å²) in [6, 6.07) is 0. The number of hydrogen-bond acceptors (Lipinski definition) is 5. The van der Waals surface area contributed by atoms with Gasteiger partial charge in [-0.05, 0) is 31.9 Å². The van der Waals surface area contributed by atoms with Crippen LogP contribution in [0, 0.1) is 0 Å². The molecule has 128 valence electrons. The zero-order chi connectivity index (χ0) is 16.6. The van der Waals surface area contributed by atoms with Gasteiger partial charge in [-0.15, -0.1) is 0 Å². The Labute approximate surface area is 135 Å². The fourth-order valence-corrected chi connectivity index (χ4v) is 2.40. The van der Waals surface area contributed by atoms with Gasteiger partial charge in [0.25, 0.3) is 0 Å². The molecule has 0 unspecified atom stereocenters. The Kier molecular flexibility index (Phi) is 13.5. The lowest BCUT2D eigenvalue weighted by molar-refractivity contribution is -0.137. The molecule has 0 atom stereocenters. The van der Waals surface area contributed by atoms with Crippen LogP contribution >= 0.6 is 11.8 Å². The third-order valence-electron chi connectivity index (χ3n) is 2.63. The van der Waals surface area contributed by atoms with E-state index in [-0.39, 0.29) is 12.3 Å². The van der Waals surface area contributed by atoms with Crippen molar-refractivity contribution in [3.8, 4) is 0 Å². The fourth-order valence-electron chi connectivity index (χ4n) is 1.56. The number of aliphatic carboxylic acids is 1. The quantitative estimate of drug-likeness (QED) is 0.442. The van der Waals surface area contributed by atoms with Gasteiger partial charge in [0.05, 0.1) is 12.4 Å². The number of carbonyl (C=O) groups is 3. The van der Waals surface area contributed by atoms with Crippen LogP contribution in [0.2, 0.25) is 0 Å². The van der Waals surface area contributed by atoms with Gasteiger partial charge >= 0.3 is 12.1 Å². The largest absolute Gasteiger partial charge is 0.481 e. The van der Waals surface area contributed by atoms with Gasteiger partial charge < -0.3 is 20.5 Å². The summed E-state index contributed by atoms with van der Waals surface area (Å²) in [7, 11) is 0. The maximum absolute atomic E-state index is 11.5. The molecule has 0 heterocycles. The Morgan fingerprint density at radius 1 is 1.05 bits per heavy atom. The van der Waals surface area contributed by atoms with Crippen LogP contribution in [0.1, 0.15) is 39.0 Å². The zero-order valence-corrected chi connectivity index (χ0v) is 13.9. The van der Waals surface area contributed by atoms with Crippen molar-refractivity contribution in [1.29, 1.82) is 0 Å². The average Bonchev–Trinajstić information content (AvgIpc) is 2.46. The smallest absolute Gasteiger partial charge is 0.407 e. The monoisotopic (exact) mass is 334 g/mol. The maximum Gasteiger partial charge on any atom is 0.407 e. The number of hydrogen-bond donors (Lipinski definition) is 3.